The number of hydrogen-bond donors (Lipinski definition) is 2. The third kappa shape index (κ3) is 6.22. The molecule has 0 aromatic heterocycles. The summed E-state index contributed by atoms with van der Waals surface area (Å²) in [5.74, 6) is 2.10. The molecule has 1 atom stereocenters. The van der Waals surface area contributed by atoms with E-state index in [0.717, 1.165) is 11.1 Å². The molecule has 154 valence electrons. The van der Waals surface area contributed by atoms with Crippen molar-refractivity contribution in [1.82, 2.24) is 5.32 Å². The number of rotatable bonds is 7. The number of guanidine groups is 1. The van der Waals surface area contributed by atoms with Crippen molar-refractivity contribution in [2.75, 3.05) is 21.3 Å². The van der Waals surface area contributed by atoms with Gasteiger partial charge in [0.25, 0.3) is 0 Å². The Morgan fingerprint density at radius 1 is 1.04 bits per heavy atom. The molecule has 0 saturated carbocycles. The number of nitrogens with zero attached hydrogens (tertiary/aromatic N) is 1. The van der Waals surface area contributed by atoms with Crippen molar-refractivity contribution in [3.05, 3.63) is 51.5 Å². The lowest BCUT2D eigenvalue weighted by atomic mass is 10.1. The fraction of sp³-hybridized carbons (Fsp3) is 0.316. The predicted molar refractivity (Wildman–Crippen MR) is 125 cm³/mol. The van der Waals surface area contributed by atoms with Gasteiger partial charge in [0, 0.05) is 21.7 Å². The molecule has 0 aliphatic heterocycles. The van der Waals surface area contributed by atoms with Crippen LogP contribution in [0.2, 0.25) is 10.0 Å². The number of ether oxygens (including phenoxy) is 3. The summed E-state index contributed by atoms with van der Waals surface area (Å²) in [5.41, 5.74) is 7.73. The van der Waals surface area contributed by atoms with E-state index in [0.29, 0.717) is 33.8 Å². The monoisotopic (exact) mass is 539 g/mol. The Labute approximate surface area is 192 Å². The molecular formula is C19H24Cl2IN3O3. The Morgan fingerprint density at radius 2 is 1.64 bits per heavy atom. The number of nitrogens with two attached hydrogens (primary N) is 1. The van der Waals surface area contributed by atoms with E-state index in [4.69, 9.17) is 43.1 Å². The third-order valence-corrected chi connectivity index (χ3v) is 4.56. The lowest BCUT2D eigenvalue weighted by Gasteiger charge is -2.17. The van der Waals surface area contributed by atoms with Crippen LogP contribution in [0.1, 0.15) is 24.1 Å². The van der Waals surface area contributed by atoms with Gasteiger partial charge in [0.1, 0.15) is 5.75 Å². The second-order valence-electron chi connectivity index (χ2n) is 5.75. The van der Waals surface area contributed by atoms with Gasteiger partial charge in [-0.3, -0.25) is 0 Å². The maximum atomic E-state index is 6.23. The zero-order valence-corrected chi connectivity index (χ0v) is 19.9. The van der Waals surface area contributed by atoms with E-state index >= 15 is 0 Å². The van der Waals surface area contributed by atoms with E-state index in [2.05, 4.69) is 10.3 Å². The van der Waals surface area contributed by atoms with E-state index in [-0.39, 0.29) is 36.0 Å². The molecule has 2 aromatic rings. The van der Waals surface area contributed by atoms with E-state index in [1.807, 2.05) is 19.1 Å². The van der Waals surface area contributed by atoms with Crippen molar-refractivity contribution >= 4 is 53.1 Å². The highest BCUT2D eigenvalue weighted by atomic mass is 127. The molecule has 0 radical (unpaired) electrons. The Kier molecular flexibility index (Phi) is 9.98. The molecule has 0 aliphatic carbocycles. The molecule has 0 aliphatic rings. The van der Waals surface area contributed by atoms with Crippen molar-refractivity contribution in [3.8, 4) is 17.2 Å². The van der Waals surface area contributed by atoms with Crippen LogP contribution in [0, 0.1) is 0 Å². The fourth-order valence-corrected chi connectivity index (χ4v) is 3.16. The van der Waals surface area contributed by atoms with Crippen LogP contribution < -0.4 is 25.3 Å². The van der Waals surface area contributed by atoms with Crippen molar-refractivity contribution < 1.29 is 14.2 Å². The first-order valence-electron chi connectivity index (χ1n) is 8.19. The zero-order chi connectivity index (χ0) is 20.0. The van der Waals surface area contributed by atoms with Gasteiger partial charge in [0.2, 0.25) is 0 Å². The minimum absolute atomic E-state index is 0. The van der Waals surface area contributed by atoms with Gasteiger partial charge in [-0.1, -0.05) is 29.3 Å². The summed E-state index contributed by atoms with van der Waals surface area (Å²) >= 11 is 12.2. The van der Waals surface area contributed by atoms with Gasteiger partial charge in [-0.25, -0.2) is 4.99 Å². The highest BCUT2D eigenvalue weighted by molar-refractivity contribution is 14.0. The van der Waals surface area contributed by atoms with Crippen LogP contribution in [0.5, 0.6) is 17.2 Å². The molecule has 0 bridgehead atoms. The molecule has 1 unspecified atom stereocenters. The summed E-state index contributed by atoms with van der Waals surface area (Å²) in [6, 6.07) is 8.76. The number of aliphatic imine (C=N–C) groups is 1. The lowest BCUT2D eigenvalue weighted by molar-refractivity contribution is 0.347. The largest absolute Gasteiger partial charge is 0.496 e. The van der Waals surface area contributed by atoms with Crippen LogP contribution >= 0.6 is 47.2 Å². The zero-order valence-electron chi connectivity index (χ0n) is 16.1. The minimum Gasteiger partial charge on any atom is -0.496 e. The minimum atomic E-state index is -0.134. The first-order valence-corrected chi connectivity index (χ1v) is 8.95. The average Bonchev–Trinajstić information content (AvgIpc) is 2.65. The third-order valence-electron chi connectivity index (χ3n) is 4.00. The number of nitrogens with one attached hydrogen (secondary N) is 1. The molecule has 28 heavy (non-hydrogen) atoms. The van der Waals surface area contributed by atoms with Gasteiger partial charge in [-0.05, 0) is 30.7 Å². The summed E-state index contributed by atoms with van der Waals surface area (Å²) < 4.78 is 16.0. The molecule has 0 saturated heterocycles. The molecule has 2 rings (SSSR count). The Bertz CT molecular complexity index is 834. The van der Waals surface area contributed by atoms with Crippen molar-refractivity contribution in [2.24, 2.45) is 10.7 Å². The summed E-state index contributed by atoms with van der Waals surface area (Å²) in [4.78, 5) is 4.38. The van der Waals surface area contributed by atoms with Crippen LogP contribution in [-0.2, 0) is 6.54 Å². The van der Waals surface area contributed by atoms with E-state index in [9.17, 15) is 0 Å². The van der Waals surface area contributed by atoms with Crippen LogP contribution in [0.25, 0.3) is 0 Å². The van der Waals surface area contributed by atoms with Crippen LogP contribution in [0.4, 0.5) is 0 Å². The van der Waals surface area contributed by atoms with Crippen LogP contribution in [-0.4, -0.2) is 27.3 Å². The van der Waals surface area contributed by atoms with E-state index < -0.39 is 0 Å². The van der Waals surface area contributed by atoms with Gasteiger partial charge < -0.3 is 25.3 Å². The predicted octanol–water partition coefficient (Wildman–Crippen LogP) is 4.80. The molecular weight excluding hydrogens is 516 g/mol. The van der Waals surface area contributed by atoms with Gasteiger partial charge >= 0.3 is 0 Å². The lowest BCUT2D eigenvalue weighted by Crippen LogP contribution is -2.34. The molecule has 0 amide bonds. The maximum absolute atomic E-state index is 6.23. The Morgan fingerprint density at radius 3 is 2.21 bits per heavy atom. The van der Waals surface area contributed by atoms with Gasteiger partial charge in [-0.2, -0.15) is 0 Å². The second kappa shape index (κ2) is 11.4. The van der Waals surface area contributed by atoms with Crippen molar-refractivity contribution in [3.63, 3.8) is 0 Å². The molecule has 9 heteroatoms. The fourth-order valence-electron chi connectivity index (χ4n) is 2.58. The van der Waals surface area contributed by atoms with Gasteiger partial charge in [-0.15, -0.1) is 24.0 Å². The normalized spacial score (nSPS) is 12.0. The van der Waals surface area contributed by atoms with Crippen LogP contribution in [0.3, 0.4) is 0 Å². The standard InChI is InChI=1S/C19H23Cl2N3O3.HI/c1-11(14-6-5-13(20)8-15(14)21)24-19(22)23-10-12-7-17(26-3)18(27-4)9-16(12)25-2;/h5-9,11H,10H2,1-4H3,(H3,22,23,24);1H. The van der Waals surface area contributed by atoms with Crippen molar-refractivity contribution in [2.45, 2.75) is 19.5 Å². The quantitative estimate of drug-likeness (QED) is 0.300. The molecule has 2 aromatic carbocycles. The number of methoxy groups -OCH3 is 3. The first-order chi connectivity index (χ1) is 12.9. The van der Waals surface area contributed by atoms with Gasteiger partial charge in [0.15, 0.2) is 17.5 Å². The average molecular weight is 540 g/mol. The van der Waals surface area contributed by atoms with Crippen LogP contribution in [0.15, 0.2) is 35.3 Å². The topological polar surface area (TPSA) is 78.1 Å². The number of halogens is 3. The second-order valence-corrected chi connectivity index (χ2v) is 6.60. The number of hydrogen-bond acceptors (Lipinski definition) is 4. The number of benzene rings is 2. The van der Waals surface area contributed by atoms with E-state index in [1.54, 1.807) is 39.5 Å². The molecule has 3 N–H and O–H groups in total. The Balaban J connectivity index is 0.00000392. The molecule has 0 heterocycles. The summed E-state index contributed by atoms with van der Waals surface area (Å²) in [6.45, 7) is 2.25. The summed E-state index contributed by atoms with van der Waals surface area (Å²) in [5, 5.41) is 4.27. The SMILES string of the molecule is COc1cc(OC)c(OC)cc1CN=C(N)NC(C)c1ccc(Cl)cc1Cl.I. The maximum Gasteiger partial charge on any atom is 0.189 e. The Hall–Kier alpha value is -1.58. The van der Waals surface area contributed by atoms with E-state index in [1.165, 1.54) is 0 Å². The first kappa shape index (κ1) is 24.5. The molecule has 6 nitrogen and oxygen atoms in total. The highest BCUT2D eigenvalue weighted by Crippen LogP contribution is 2.35. The molecule has 0 spiro atoms. The molecule has 0 fully saturated rings. The summed E-state index contributed by atoms with van der Waals surface area (Å²) in [7, 11) is 4.73. The van der Waals surface area contributed by atoms with Crippen molar-refractivity contribution in [1.29, 1.82) is 0 Å². The smallest absolute Gasteiger partial charge is 0.189 e. The highest BCUT2D eigenvalue weighted by Gasteiger charge is 2.13. The summed E-state index contributed by atoms with van der Waals surface area (Å²) in [6.07, 6.45) is 0. The van der Waals surface area contributed by atoms with Gasteiger partial charge in [0.05, 0.1) is 33.9 Å².